The van der Waals surface area contributed by atoms with Gasteiger partial charge in [-0.25, -0.2) is 0 Å². The van der Waals surface area contributed by atoms with Crippen molar-refractivity contribution in [3.05, 3.63) is 29.3 Å². The average Bonchev–Trinajstić information content (AvgIpc) is 2.91. The van der Waals surface area contributed by atoms with Crippen LogP contribution in [0.5, 0.6) is 5.75 Å². The minimum atomic E-state index is -0.0407. The molecule has 0 amide bonds. The van der Waals surface area contributed by atoms with Crippen molar-refractivity contribution in [2.75, 3.05) is 20.1 Å². The quantitative estimate of drug-likeness (QED) is 0.913. The minimum Gasteiger partial charge on any atom is -0.487 e. The van der Waals surface area contributed by atoms with E-state index in [-0.39, 0.29) is 5.60 Å². The summed E-state index contributed by atoms with van der Waals surface area (Å²) in [5.41, 5.74) is 2.68. The average molecular weight is 274 g/mol. The van der Waals surface area contributed by atoms with Gasteiger partial charge in [-0.1, -0.05) is 12.1 Å². The first-order chi connectivity index (χ1) is 9.53. The van der Waals surface area contributed by atoms with E-state index in [9.17, 15) is 0 Å². The third-order valence-electron chi connectivity index (χ3n) is 4.51. The van der Waals surface area contributed by atoms with Gasteiger partial charge in [0.15, 0.2) is 0 Å². The molecule has 0 aromatic heterocycles. The molecular formula is C17H26N2O. The van der Waals surface area contributed by atoms with Gasteiger partial charge in [-0.3, -0.25) is 0 Å². The van der Waals surface area contributed by atoms with Crippen LogP contribution < -0.4 is 10.1 Å². The van der Waals surface area contributed by atoms with Crippen LogP contribution in [0.25, 0.3) is 0 Å². The second-order valence-corrected chi connectivity index (χ2v) is 6.89. The highest BCUT2D eigenvalue weighted by atomic mass is 16.5. The summed E-state index contributed by atoms with van der Waals surface area (Å²) in [5, 5.41) is 3.60. The standard InChI is InChI=1S/C17H26N2O/c1-17(2)10-14-9-13(6-7-16(14)20-17)11-18-12-15-5-4-8-19(15)3/h6-7,9,15,18H,4-5,8,10-12H2,1-3H3. The molecule has 1 fully saturated rings. The molecule has 2 heterocycles. The fourth-order valence-corrected chi connectivity index (χ4v) is 3.39. The number of likely N-dealkylation sites (tertiary alicyclic amines) is 1. The third-order valence-corrected chi connectivity index (χ3v) is 4.51. The van der Waals surface area contributed by atoms with Gasteiger partial charge in [-0.15, -0.1) is 0 Å². The lowest BCUT2D eigenvalue weighted by molar-refractivity contribution is 0.138. The Bertz CT molecular complexity index is 484. The van der Waals surface area contributed by atoms with E-state index < -0.39 is 0 Å². The maximum Gasteiger partial charge on any atom is 0.123 e. The SMILES string of the molecule is CN1CCCC1CNCc1ccc2c(c1)CC(C)(C)O2. The number of ether oxygens (including phenoxy) is 1. The van der Waals surface area contributed by atoms with Crippen molar-refractivity contribution < 1.29 is 4.74 Å². The molecule has 3 nitrogen and oxygen atoms in total. The predicted molar refractivity (Wildman–Crippen MR) is 82.2 cm³/mol. The fraction of sp³-hybridized carbons (Fsp3) is 0.647. The van der Waals surface area contributed by atoms with Crippen molar-refractivity contribution in [1.82, 2.24) is 10.2 Å². The van der Waals surface area contributed by atoms with Crippen LogP contribution in [0, 0.1) is 0 Å². The van der Waals surface area contributed by atoms with Crippen LogP contribution >= 0.6 is 0 Å². The van der Waals surface area contributed by atoms with Crippen LogP contribution in [-0.4, -0.2) is 36.7 Å². The molecule has 0 aliphatic carbocycles. The summed E-state index contributed by atoms with van der Waals surface area (Å²) in [7, 11) is 2.23. The van der Waals surface area contributed by atoms with Gasteiger partial charge >= 0.3 is 0 Å². The van der Waals surface area contributed by atoms with Gasteiger partial charge in [0.2, 0.25) is 0 Å². The molecule has 1 saturated heterocycles. The lowest BCUT2D eigenvalue weighted by Gasteiger charge is -2.19. The topological polar surface area (TPSA) is 24.5 Å². The second kappa shape index (κ2) is 5.38. The largest absolute Gasteiger partial charge is 0.487 e. The summed E-state index contributed by atoms with van der Waals surface area (Å²) < 4.78 is 5.92. The fourth-order valence-electron chi connectivity index (χ4n) is 3.39. The smallest absolute Gasteiger partial charge is 0.123 e. The zero-order chi connectivity index (χ0) is 14.2. The van der Waals surface area contributed by atoms with E-state index in [1.165, 1.54) is 30.5 Å². The Kier molecular flexibility index (Phi) is 3.74. The van der Waals surface area contributed by atoms with Crippen molar-refractivity contribution in [2.24, 2.45) is 0 Å². The van der Waals surface area contributed by atoms with E-state index >= 15 is 0 Å². The summed E-state index contributed by atoms with van der Waals surface area (Å²) in [6.07, 6.45) is 3.69. The van der Waals surface area contributed by atoms with Gasteiger partial charge < -0.3 is 15.0 Å². The number of hydrogen-bond acceptors (Lipinski definition) is 3. The second-order valence-electron chi connectivity index (χ2n) is 6.89. The normalized spacial score (nSPS) is 24.6. The number of nitrogens with one attached hydrogen (secondary N) is 1. The maximum atomic E-state index is 5.92. The van der Waals surface area contributed by atoms with Crippen LogP contribution in [0.2, 0.25) is 0 Å². The van der Waals surface area contributed by atoms with Crippen LogP contribution in [0.4, 0.5) is 0 Å². The predicted octanol–water partition coefficient (Wildman–Crippen LogP) is 2.58. The van der Waals surface area contributed by atoms with Crippen molar-refractivity contribution in [2.45, 2.75) is 51.3 Å². The molecule has 2 aliphatic heterocycles. The van der Waals surface area contributed by atoms with Crippen LogP contribution in [0.1, 0.15) is 37.8 Å². The van der Waals surface area contributed by atoms with Gasteiger partial charge in [-0.05, 0) is 57.5 Å². The van der Waals surface area contributed by atoms with Gasteiger partial charge in [0, 0.05) is 25.6 Å². The molecule has 1 N–H and O–H groups in total. The first kappa shape index (κ1) is 13.9. The molecule has 2 aliphatic rings. The molecule has 0 bridgehead atoms. The molecule has 0 radical (unpaired) electrons. The van der Waals surface area contributed by atoms with Gasteiger partial charge in [0.1, 0.15) is 11.4 Å². The highest BCUT2D eigenvalue weighted by Crippen LogP contribution is 2.35. The minimum absolute atomic E-state index is 0.0407. The van der Waals surface area contributed by atoms with Gasteiger partial charge in [0.25, 0.3) is 0 Å². The summed E-state index contributed by atoms with van der Waals surface area (Å²) in [6.45, 7) is 7.60. The Morgan fingerprint density at radius 2 is 2.25 bits per heavy atom. The zero-order valence-electron chi connectivity index (χ0n) is 12.9. The molecule has 1 aromatic carbocycles. The van der Waals surface area contributed by atoms with E-state index in [2.05, 4.69) is 49.3 Å². The molecule has 1 unspecified atom stereocenters. The highest BCUT2D eigenvalue weighted by molar-refractivity contribution is 5.41. The Balaban J connectivity index is 1.54. The monoisotopic (exact) mass is 274 g/mol. The van der Waals surface area contributed by atoms with Gasteiger partial charge in [0.05, 0.1) is 0 Å². The molecule has 110 valence electrons. The molecule has 20 heavy (non-hydrogen) atoms. The van der Waals surface area contributed by atoms with E-state index in [1.807, 2.05) is 0 Å². The molecule has 3 rings (SSSR count). The van der Waals surface area contributed by atoms with Crippen LogP contribution in [0.15, 0.2) is 18.2 Å². The number of hydrogen-bond donors (Lipinski definition) is 1. The summed E-state index contributed by atoms with van der Waals surface area (Å²) in [6, 6.07) is 7.33. The molecule has 3 heteroatoms. The highest BCUT2D eigenvalue weighted by Gasteiger charge is 2.29. The summed E-state index contributed by atoms with van der Waals surface area (Å²) in [4.78, 5) is 2.46. The lowest BCUT2D eigenvalue weighted by atomic mass is 10.0. The number of nitrogens with zero attached hydrogens (tertiary/aromatic N) is 1. The van der Waals surface area contributed by atoms with Crippen molar-refractivity contribution >= 4 is 0 Å². The molecular weight excluding hydrogens is 248 g/mol. The Morgan fingerprint density at radius 1 is 1.40 bits per heavy atom. The van der Waals surface area contributed by atoms with E-state index in [0.29, 0.717) is 6.04 Å². The molecule has 1 atom stereocenters. The molecule has 0 saturated carbocycles. The number of fused-ring (bicyclic) bond motifs is 1. The number of benzene rings is 1. The van der Waals surface area contributed by atoms with Gasteiger partial charge in [-0.2, -0.15) is 0 Å². The first-order valence-corrected chi connectivity index (χ1v) is 7.75. The first-order valence-electron chi connectivity index (χ1n) is 7.75. The van der Waals surface area contributed by atoms with Crippen molar-refractivity contribution in [3.63, 3.8) is 0 Å². The molecule has 0 spiro atoms. The van der Waals surface area contributed by atoms with E-state index in [1.54, 1.807) is 0 Å². The van der Waals surface area contributed by atoms with Crippen molar-refractivity contribution in [3.8, 4) is 5.75 Å². The third kappa shape index (κ3) is 2.99. The zero-order valence-corrected chi connectivity index (χ0v) is 12.9. The van der Waals surface area contributed by atoms with E-state index in [4.69, 9.17) is 4.74 Å². The Labute approximate surface area is 122 Å². The maximum absolute atomic E-state index is 5.92. The Morgan fingerprint density at radius 3 is 3.00 bits per heavy atom. The Hall–Kier alpha value is -1.06. The van der Waals surface area contributed by atoms with E-state index in [0.717, 1.165) is 25.3 Å². The number of likely N-dealkylation sites (N-methyl/N-ethyl adjacent to an activating group) is 1. The summed E-state index contributed by atoms with van der Waals surface area (Å²) in [5.74, 6) is 1.06. The van der Waals surface area contributed by atoms with Crippen LogP contribution in [-0.2, 0) is 13.0 Å². The number of rotatable bonds is 4. The lowest BCUT2D eigenvalue weighted by Crippen LogP contribution is -2.35. The molecule has 1 aromatic rings. The van der Waals surface area contributed by atoms with Crippen molar-refractivity contribution in [1.29, 1.82) is 0 Å². The summed E-state index contributed by atoms with van der Waals surface area (Å²) >= 11 is 0. The van der Waals surface area contributed by atoms with Crippen LogP contribution in [0.3, 0.4) is 0 Å².